The van der Waals surface area contributed by atoms with Crippen molar-refractivity contribution in [3.05, 3.63) is 39.3 Å². The fourth-order valence-electron chi connectivity index (χ4n) is 2.13. The first kappa shape index (κ1) is 17.8. The first-order valence-electron chi connectivity index (χ1n) is 7.39. The molecular formula is C16H17ClN2O5. The van der Waals surface area contributed by atoms with Gasteiger partial charge in [0.25, 0.3) is 0 Å². The number of halogens is 1. The van der Waals surface area contributed by atoms with Gasteiger partial charge in [-0.1, -0.05) is 31.9 Å². The van der Waals surface area contributed by atoms with E-state index >= 15 is 0 Å². The molecule has 2 N–H and O–H groups in total. The normalized spacial score (nSPS) is 12.0. The summed E-state index contributed by atoms with van der Waals surface area (Å²) in [6.45, 7) is 4.83. The van der Waals surface area contributed by atoms with Crippen molar-refractivity contribution in [2.75, 3.05) is 6.61 Å². The standard InChI is InChI=1S/C13H9ClN2O5.C3H8/c14-12-9(18)4-10-11(15-12)7-3-8(17)6(13(19)20)5-16(7)1-2-21-10;1-3-2/h3-5,18H,1-2H2,(H,19,20);3H2,1-2H3. The highest BCUT2D eigenvalue weighted by molar-refractivity contribution is 6.31. The molecule has 0 aromatic carbocycles. The van der Waals surface area contributed by atoms with Crippen LogP contribution in [0.15, 0.2) is 23.1 Å². The quantitative estimate of drug-likeness (QED) is 0.765. The largest absolute Gasteiger partial charge is 0.505 e. The van der Waals surface area contributed by atoms with Crippen LogP contribution in [0.5, 0.6) is 11.5 Å². The first-order valence-corrected chi connectivity index (χ1v) is 7.77. The Morgan fingerprint density at radius 1 is 1.42 bits per heavy atom. The lowest BCUT2D eigenvalue weighted by atomic mass is 10.1. The van der Waals surface area contributed by atoms with Crippen molar-refractivity contribution in [3.63, 3.8) is 0 Å². The molecule has 0 amide bonds. The Kier molecular flexibility index (Phi) is 5.46. The van der Waals surface area contributed by atoms with Gasteiger partial charge in [0.05, 0.1) is 12.2 Å². The Labute approximate surface area is 143 Å². The molecule has 0 saturated heterocycles. The maximum Gasteiger partial charge on any atom is 0.341 e. The molecule has 1 aliphatic rings. The molecule has 2 aromatic rings. The summed E-state index contributed by atoms with van der Waals surface area (Å²) in [5.41, 5.74) is -0.289. The minimum Gasteiger partial charge on any atom is -0.505 e. The fourth-order valence-corrected chi connectivity index (χ4v) is 2.27. The van der Waals surface area contributed by atoms with Crippen LogP contribution >= 0.6 is 11.6 Å². The van der Waals surface area contributed by atoms with Gasteiger partial charge in [-0.25, -0.2) is 9.78 Å². The average molecular weight is 353 g/mol. The molecule has 2 aromatic heterocycles. The molecule has 0 aliphatic carbocycles. The first-order chi connectivity index (χ1) is 11.4. The van der Waals surface area contributed by atoms with Gasteiger partial charge in [-0.05, 0) is 0 Å². The maximum atomic E-state index is 11.9. The smallest absolute Gasteiger partial charge is 0.341 e. The SMILES string of the molecule is CCC.O=C(O)c1cn2c(cc1=O)-c1nc(Cl)c(O)cc1OCC2. The summed E-state index contributed by atoms with van der Waals surface area (Å²) in [5.74, 6) is -1.24. The predicted molar refractivity (Wildman–Crippen MR) is 89.0 cm³/mol. The topological polar surface area (TPSA) is 102 Å². The number of fused-ring (bicyclic) bond motifs is 3. The van der Waals surface area contributed by atoms with Crippen molar-refractivity contribution in [2.45, 2.75) is 26.8 Å². The van der Waals surface area contributed by atoms with E-state index in [4.69, 9.17) is 21.4 Å². The van der Waals surface area contributed by atoms with Crippen LogP contribution in [-0.4, -0.2) is 32.3 Å². The fraction of sp³-hybridized carbons (Fsp3) is 0.312. The zero-order chi connectivity index (χ0) is 17.9. The minimum atomic E-state index is -1.29. The van der Waals surface area contributed by atoms with Gasteiger partial charge in [0.2, 0.25) is 0 Å². The Morgan fingerprint density at radius 2 is 2.08 bits per heavy atom. The van der Waals surface area contributed by atoms with E-state index in [-0.39, 0.29) is 34.5 Å². The molecule has 3 heterocycles. The number of aromatic carboxylic acids is 1. The van der Waals surface area contributed by atoms with Crippen LogP contribution in [0.25, 0.3) is 11.4 Å². The van der Waals surface area contributed by atoms with E-state index in [1.165, 1.54) is 24.8 Å². The molecule has 0 radical (unpaired) electrons. The number of carboxylic acid groups (broad SMARTS) is 1. The lowest BCUT2D eigenvalue weighted by Gasteiger charge is -2.10. The van der Waals surface area contributed by atoms with Gasteiger partial charge in [0.15, 0.2) is 22.1 Å². The van der Waals surface area contributed by atoms with Gasteiger partial charge in [-0.15, -0.1) is 0 Å². The monoisotopic (exact) mass is 352 g/mol. The molecule has 0 spiro atoms. The third-order valence-corrected chi connectivity index (χ3v) is 3.39. The van der Waals surface area contributed by atoms with Gasteiger partial charge < -0.3 is 19.5 Å². The number of carbonyl (C=O) groups is 1. The van der Waals surface area contributed by atoms with E-state index in [0.29, 0.717) is 12.2 Å². The molecule has 24 heavy (non-hydrogen) atoms. The highest BCUT2D eigenvalue weighted by atomic mass is 35.5. The van der Waals surface area contributed by atoms with Gasteiger partial charge in [0, 0.05) is 18.3 Å². The molecule has 7 nitrogen and oxygen atoms in total. The van der Waals surface area contributed by atoms with Crippen molar-refractivity contribution in [2.24, 2.45) is 0 Å². The summed E-state index contributed by atoms with van der Waals surface area (Å²) in [5, 5.41) is 18.4. The van der Waals surface area contributed by atoms with Crippen LogP contribution in [0, 0.1) is 0 Å². The predicted octanol–water partition coefficient (Wildman–Crippen LogP) is 2.78. The van der Waals surface area contributed by atoms with E-state index in [1.807, 2.05) is 0 Å². The van der Waals surface area contributed by atoms with Crippen LogP contribution in [0.4, 0.5) is 0 Å². The third-order valence-electron chi connectivity index (χ3n) is 3.11. The lowest BCUT2D eigenvalue weighted by Crippen LogP contribution is -2.19. The van der Waals surface area contributed by atoms with Crippen molar-refractivity contribution in [3.8, 4) is 22.9 Å². The molecule has 1 aliphatic heterocycles. The van der Waals surface area contributed by atoms with Crippen LogP contribution in [0.2, 0.25) is 5.15 Å². The molecule has 0 bridgehead atoms. The average Bonchev–Trinajstić information content (AvgIpc) is 2.67. The minimum absolute atomic E-state index is 0.124. The molecule has 128 valence electrons. The molecule has 0 saturated carbocycles. The van der Waals surface area contributed by atoms with E-state index in [1.54, 1.807) is 4.57 Å². The van der Waals surface area contributed by atoms with Crippen molar-refractivity contribution < 1.29 is 19.7 Å². The number of ether oxygens (including phenoxy) is 1. The number of carboxylic acids is 1. The molecule has 8 heteroatoms. The van der Waals surface area contributed by atoms with Crippen LogP contribution in [-0.2, 0) is 6.54 Å². The second-order valence-electron chi connectivity index (χ2n) is 5.14. The van der Waals surface area contributed by atoms with E-state index in [9.17, 15) is 14.7 Å². The van der Waals surface area contributed by atoms with Gasteiger partial charge >= 0.3 is 5.97 Å². The van der Waals surface area contributed by atoms with Gasteiger partial charge in [-0.2, -0.15) is 0 Å². The third kappa shape index (κ3) is 3.51. The molecule has 0 unspecified atom stereocenters. The number of aromatic nitrogens is 2. The Bertz CT molecular complexity index is 832. The Morgan fingerprint density at radius 3 is 2.71 bits per heavy atom. The zero-order valence-electron chi connectivity index (χ0n) is 13.2. The van der Waals surface area contributed by atoms with E-state index in [2.05, 4.69) is 18.8 Å². The summed E-state index contributed by atoms with van der Waals surface area (Å²) in [6.07, 6.45) is 2.50. The van der Waals surface area contributed by atoms with E-state index < -0.39 is 11.4 Å². The summed E-state index contributed by atoms with van der Waals surface area (Å²) in [7, 11) is 0. The number of hydrogen-bond donors (Lipinski definition) is 2. The van der Waals surface area contributed by atoms with Gasteiger partial charge in [-0.3, -0.25) is 4.79 Å². The van der Waals surface area contributed by atoms with Crippen LogP contribution in [0.1, 0.15) is 30.6 Å². The summed E-state index contributed by atoms with van der Waals surface area (Å²) >= 11 is 5.79. The number of aromatic hydroxyl groups is 1. The molecule has 0 fully saturated rings. The second-order valence-corrected chi connectivity index (χ2v) is 5.49. The van der Waals surface area contributed by atoms with Crippen LogP contribution in [0.3, 0.4) is 0 Å². The number of rotatable bonds is 1. The Hall–Kier alpha value is -2.54. The Balaban J connectivity index is 0.000000647. The number of nitrogens with zero attached hydrogens (tertiary/aromatic N) is 2. The molecule has 0 atom stereocenters. The van der Waals surface area contributed by atoms with Crippen molar-refractivity contribution in [1.29, 1.82) is 0 Å². The second kappa shape index (κ2) is 7.35. The van der Waals surface area contributed by atoms with Crippen molar-refractivity contribution >= 4 is 17.6 Å². The summed E-state index contributed by atoms with van der Waals surface area (Å²) in [6, 6.07) is 2.49. The van der Waals surface area contributed by atoms with Crippen LogP contribution < -0.4 is 10.2 Å². The summed E-state index contributed by atoms with van der Waals surface area (Å²) in [4.78, 5) is 26.9. The highest BCUT2D eigenvalue weighted by Crippen LogP contribution is 2.36. The summed E-state index contributed by atoms with van der Waals surface area (Å²) < 4.78 is 7.02. The van der Waals surface area contributed by atoms with Crippen molar-refractivity contribution in [1.82, 2.24) is 9.55 Å². The molecule has 3 rings (SSSR count). The maximum absolute atomic E-state index is 11.9. The van der Waals surface area contributed by atoms with Gasteiger partial charge in [0.1, 0.15) is 17.9 Å². The highest BCUT2D eigenvalue weighted by Gasteiger charge is 2.21. The number of hydrogen-bond acceptors (Lipinski definition) is 5. The number of pyridine rings is 2. The molecular weight excluding hydrogens is 336 g/mol. The van der Waals surface area contributed by atoms with E-state index in [0.717, 1.165) is 0 Å². The lowest BCUT2D eigenvalue weighted by molar-refractivity contribution is 0.0694. The zero-order valence-corrected chi connectivity index (χ0v) is 14.0.